The standard InChI is InChI=1S/C9H14O3/c1-2-11-8(10)6-7-9(12-7)4-3-5-9/h7H,2-6H2,1H3. The normalized spacial score (nSPS) is 29.6. The first-order valence-electron chi connectivity index (χ1n) is 4.60. The maximum absolute atomic E-state index is 11.0. The lowest BCUT2D eigenvalue weighted by atomic mass is 9.81. The van der Waals surface area contributed by atoms with Crippen molar-refractivity contribution < 1.29 is 14.3 Å². The Morgan fingerprint density at radius 2 is 2.42 bits per heavy atom. The molecule has 1 unspecified atom stereocenters. The Labute approximate surface area is 72.0 Å². The fourth-order valence-electron chi connectivity index (χ4n) is 1.81. The molecule has 1 aliphatic heterocycles. The van der Waals surface area contributed by atoms with Crippen molar-refractivity contribution in [3.63, 3.8) is 0 Å². The molecule has 0 radical (unpaired) electrons. The van der Waals surface area contributed by atoms with Gasteiger partial charge in [-0.05, 0) is 26.2 Å². The molecular weight excluding hydrogens is 156 g/mol. The Bertz CT molecular complexity index is 196. The first kappa shape index (κ1) is 8.05. The average Bonchev–Trinajstić information content (AvgIpc) is 2.62. The van der Waals surface area contributed by atoms with E-state index in [1.807, 2.05) is 6.92 Å². The number of esters is 1. The maximum Gasteiger partial charge on any atom is 0.308 e. The van der Waals surface area contributed by atoms with Crippen LogP contribution in [0.15, 0.2) is 0 Å². The molecular formula is C9H14O3. The van der Waals surface area contributed by atoms with Crippen molar-refractivity contribution in [3.05, 3.63) is 0 Å². The molecule has 0 aromatic heterocycles. The Morgan fingerprint density at radius 3 is 2.83 bits per heavy atom. The van der Waals surface area contributed by atoms with Gasteiger partial charge in [0.1, 0.15) is 0 Å². The zero-order valence-electron chi connectivity index (χ0n) is 7.34. The number of carbonyl (C=O) groups excluding carboxylic acids is 1. The van der Waals surface area contributed by atoms with Crippen LogP contribution in [0.25, 0.3) is 0 Å². The molecule has 12 heavy (non-hydrogen) atoms. The summed E-state index contributed by atoms with van der Waals surface area (Å²) in [6.45, 7) is 2.29. The zero-order chi connectivity index (χ0) is 8.60. The fraction of sp³-hybridized carbons (Fsp3) is 0.889. The van der Waals surface area contributed by atoms with Crippen molar-refractivity contribution in [3.8, 4) is 0 Å². The second-order valence-corrected chi connectivity index (χ2v) is 3.53. The van der Waals surface area contributed by atoms with E-state index in [2.05, 4.69) is 0 Å². The molecule has 0 amide bonds. The van der Waals surface area contributed by atoms with E-state index in [1.165, 1.54) is 6.42 Å². The SMILES string of the molecule is CCOC(=O)CC1OC12CCC2. The van der Waals surface area contributed by atoms with Gasteiger partial charge in [-0.2, -0.15) is 0 Å². The van der Waals surface area contributed by atoms with E-state index in [0.29, 0.717) is 13.0 Å². The predicted molar refractivity (Wildman–Crippen MR) is 42.7 cm³/mol. The van der Waals surface area contributed by atoms with Crippen LogP contribution in [0.3, 0.4) is 0 Å². The van der Waals surface area contributed by atoms with Crippen LogP contribution in [0.2, 0.25) is 0 Å². The maximum atomic E-state index is 11.0. The van der Waals surface area contributed by atoms with Gasteiger partial charge in [-0.3, -0.25) is 4.79 Å². The molecule has 1 atom stereocenters. The van der Waals surface area contributed by atoms with E-state index in [0.717, 1.165) is 12.8 Å². The zero-order valence-corrected chi connectivity index (χ0v) is 7.34. The Hall–Kier alpha value is -0.570. The van der Waals surface area contributed by atoms with Gasteiger partial charge in [-0.1, -0.05) is 0 Å². The van der Waals surface area contributed by atoms with Crippen LogP contribution in [-0.4, -0.2) is 24.3 Å². The summed E-state index contributed by atoms with van der Waals surface area (Å²) >= 11 is 0. The monoisotopic (exact) mass is 170 g/mol. The summed E-state index contributed by atoms with van der Waals surface area (Å²) in [6, 6.07) is 0. The lowest BCUT2D eigenvalue weighted by Crippen LogP contribution is -2.26. The van der Waals surface area contributed by atoms with Crippen molar-refractivity contribution in [1.29, 1.82) is 0 Å². The summed E-state index contributed by atoms with van der Waals surface area (Å²) < 4.78 is 10.3. The fourth-order valence-corrected chi connectivity index (χ4v) is 1.81. The molecule has 1 spiro atoms. The number of ether oxygens (including phenoxy) is 2. The van der Waals surface area contributed by atoms with Crippen LogP contribution < -0.4 is 0 Å². The molecule has 2 fully saturated rings. The molecule has 3 nitrogen and oxygen atoms in total. The largest absolute Gasteiger partial charge is 0.466 e. The van der Waals surface area contributed by atoms with E-state index >= 15 is 0 Å². The van der Waals surface area contributed by atoms with Gasteiger partial charge in [0, 0.05) is 0 Å². The first-order valence-corrected chi connectivity index (χ1v) is 4.60. The summed E-state index contributed by atoms with van der Waals surface area (Å²) in [5, 5.41) is 0. The summed E-state index contributed by atoms with van der Waals surface area (Å²) in [5.74, 6) is -0.119. The van der Waals surface area contributed by atoms with Gasteiger partial charge in [0.05, 0.1) is 24.7 Å². The van der Waals surface area contributed by atoms with Gasteiger partial charge in [0.25, 0.3) is 0 Å². The lowest BCUT2D eigenvalue weighted by molar-refractivity contribution is -0.143. The Morgan fingerprint density at radius 1 is 1.67 bits per heavy atom. The molecule has 2 aliphatic rings. The van der Waals surface area contributed by atoms with Gasteiger partial charge in [0.2, 0.25) is 0 Å². The highest BCUT2D eigenvalue weighted by molar-refractivity contribution is 5.70. The van der Waals surface area contributed by atoms with Crippen LogP contribution in [0.4, 0.5) is 0 Å². The van der Waals surface area contributed by atoms with Gasteiger partial charge >= 0.3 is 5.97 Å². The van der Waals surface area contributed by atoms with Crippen molar-refractivity contribution >= 4 is 5.97 Å². The van der Waals surface area contributed by atoms with E-state index in [9.17, 15) is 4.79 Å². The number of carbonyl (C=O) groups is 1. The van der Waals surface area contributed by atoms with Gasteiger partial charge in [-0.25, -0.2) is 0 Å². The highest BCUT2D eigenvalue weighted by atomic mass is 16.6. The minimum atomic E-state index is -0.119. The van der Waals surface area contributed by atoms with E-state index in [-0.39, 0.29) is 17.7 Å². The van der Waals surface area contributed by atoms with E-state index in [4.69, 9.17) is 9.47 Å². The van der Waals surface area contributed by atoms with Crippen molar-refractivity contribution in [2.24, 2.45) is 0 Å². The summed E-state index contributed by atoms with van der Waals surface area (Å²) in [7, 11) is 0. The highest BCUT2D eigenvalue weighted by Crippen LogP contribution is 2.53. The lowest BCUT2D eigenvalue weighted by Gasteiger charge is -2.21. The molecule has 0 aromatic carbocycles. The first-order chi connectivity index (χ1) is 5.77. The quantitative estimate of drug-likeness (QED) is 0.473. The van der Waals surface area contributed by atoms with Gasteiger partial charge in [0.15, 0.2) is 0 Å². The third-order valence-electron chi connectivity index (χ3n) is 2.76. The van der Waals surface area contributed by atoms with Crippen molar-refractivity contribution in [2.75, 3.05) is 6.61 Å². The number of rotatable bonds is 3. The topological polar surface area (TPSA) is 38.8 Å². The third kappa shape index (κ3) is 1.22. The van der Waals surface area contributed by atoms with Gasteiger partial charge < -0.3 is 9.47 Å². The number of hydrogen-bond donors (Lipinski definition) is 0. The minimum Gasteiger partial charge on any atom is -0.466 e. The van der Waals surface area contributed by atoms with Crippen LogP contribution in [0.1, 0.15) is 32.6 Å². The second kappa shape index (κ2) is 2.73. The highest BCUT2D eigenvalue weighted by Gasteiger charge is 2.60. The molecule has 0 bridgehead atoms. The Balaban J connectivity index is 1.72. The number of hydrogen-bond acceptors (Lipinski definition) is 3. The summed E-state index contributed by atoms with van der Waals surface area (Å²) in [5.41, 5.74) is 0.118. The van der Waals surface area contributed by atoms with Gasteiger partial charge in [-0.15, -0.1) is 0 Å². The third-order valence-corrected chi connectivity index (χ3v) is 2.76. The average molecular weight is 170 g/mol. The van der Waals surface area contributed by atoms with Crippen LogP contribution in [-0.2, 0) is 14.3 Å². The number of epoxide rings is 1. The molecule has 2 rings (SSSR count). The van der Waals surface area contributed by atoms with Crippen molar-refractivity contribution in [2.45, 2.75) is 44.3 Å². The molecule has 0 aromatic rings. The second-order valence-electron chi connectivity index (χ2n) is 3.53. The van der Waals surface area contributed by atoms with E-state index < -0.39 is 0 Å². The molecule has 1 heterocycles. The van der Waals surface area contributed by atoms with Crippen LogP contribution in [0.5, 0.6) is 0 Å². The molecule has 1 saturated carbocycles. The molecule has 1 aliphatic carbocycles. The summed E-state index contributed by atoms with van der Waals surface area (Å²) in [4.78, 5) is 11.0. The Kier molecular flexibility index (Phi) is 1.83. The molecule has 0 N–H and O–H groups in total. The van der Waals surface area contributed by atoms with E-state index in [1.54, 1.807) is 0 Å². The molecule has 68 valence electrons. The summed E-state index contributed by atoms with van der Waals surface area (Å²) in [6.07, 6.45) is 4.15. The molecule has 3 heteroatoms. The van der Waals surface area contributed by atoms with Crippen LogP contribution in [0, 0.1) is 0 Å². The smallest absolute Gasteiger partial charge is 0.308 e. The molecule has 1 saturated heterocycles. The predicted octanol–water partition coefficient (Wildman–Crippen LogP) is 1.26. The van der Waals surface area contributed by atoms with Crippen molar-refractivity contribution in [1.82, 2.24) is 0 Å². The minimum absolute atomic E-state index is 0.118. The van der Waals surface area contributed by atoms with Crippen LogP contribution >= 0.6 is 0 Å².